The minimum absolute atomic E-state index is 0.0487. The van der Waals surface area contributed by atoms with Gasteiger partial charge in [0.1, 0.15) is 5.75 Å². The van der Waals surface area contributed by atoms with Crippen molar-refractivity contribution in [2.45, 2.75) is 6.18 Å². The first-order valence-electron chi connectivity index (χ1n) is 7.97. The Kier molecular flexibility index (Phi) is 5.16. The molecule has 0 saturated carbocycles. The van der Waals surface area contributed by atoms with E-state index >= 15 is 0 Å². The molecule has 0 radical (unpaired) electrons. The molecular weight excluding hydrogens is 375 g/mol. The molecular formula is C19H14F3N3O3. The molecule has 0 aliphatic rings. The van der Waals surface area contributed by atoms with Crippen LogP contribution in [-0.2, 0) is 6.18 Å². The number of nitrogens with zero attached hydrogens (tertiary/aromatic N) is 2. The Morgan fingerprint density at radius 1 is 1.07 bits per heavy atom. The predicted molar refractivity (Wildman–Crippen MR) is 95.7 cm³/mol. The first-order chi connectivity index (χ1) is 13.3. The van der Waals surface area contributed by atoms with E-state index in [4.69, 9.17) is 9.84 Å². The SMILES string of the molecule is COc1cccc(-c2cc(C(F)(F)F)nc(Nc3ccc(C(=O)O)cc3)n2)c1. The maximum atomic E-state index is 13.3. The number of nitrogens with one attached hydrogen (secondary N) is 1. The van der Waals surface area contributed by atoms with Crippen molar-refractivity contribution in [3.63, 3.8) is 0 Å². The lowest BCUT2D eigenvalue weighted by Crippen LogP contribution is -2.11. The molecule has 0 atom stereocenters. The summed E-state index contributed by atoms with van der Waals surface area (Å²) in [6, 6.07) is 12.8. The Balaban J connectivity index is 2.01. The van der Waals surface area contributed by atoms with E-state index in [-0.39, 0.29) is 17.2 Å². The van der Waals surface area contributed by atoms with Gasteiger partial charge in [0.15, 0.2) is 5.69 Å². The van der Waals surface area contributed by atoms with Crippen LogP contribution in [0, 0.1) is 0 Å². The fourth-order valence-electron chi connectivity index (χ4n) is 2.40. The zero-order valence-electron chi connectivity index (χ0n) is 14.5. The number of alkyl halides is 3. The molecule has 6 nitrogen and oxygen atoms in total. The molecule has 1 aromatic heterocycles. The van der Waals surface area contributed by atoms with Crippen LogP contribution in [0.15, 0.2) is 54.6 Å². The number of anilines is 2. The highest BCUT2D eigenvalue weighted by Crippen LogP contribution is 2.32. The Hall–Kier alpha value is -3.62. The van der Waals surface area contributed by atoms with Gasteiger partial charge in [-0.2, -0.15) is 13.2 Å². The van der Waals surface area contributed by atoms with Gasteiger partial charge in [-0.25, -0.2) is 14.8 Å². The molecule has 9 heteroatoms. The average Bonchev–Trinajstić information content (AvgIpc) is 2.67. The van der Waals surface area contributed by atoms with Crippen LogP contribution in [-0.4, -0.2) is 28.2 Å². The third-order valence-corrected chi connectivity index (χ3v) is 3.77. The standard InChI is InChI=1S/C19H14F3N3O3/c1-28-14-4-2-3-12(9-14)15-10-16(19(20,21)22)25-18(24-15)23-13-7-5-11(6-8-13)17(26)27/h2-10H,1H3,(H,26,27)(H,23,24,25). The maximum absolute atomic E-state index is 13.3. The molecule has 2 aromatic carbocycles. The Bertz CT molecular complexity index is 1010. The summed E-state index contributed by atoms with van der Waals surface area (Å²) in [5, 5.41) is 11.6. The number of halogens is 3. The van der Waals surface area contributed by atoms with E-state index in [1.54, 1.807) is 24.3 Å². The van der Waals surface area contributed by atoms with Crippen molar-refractivity contribution >= 4 is 17.6 Å². The largest absolute Gasteiger partial charge is 0.497 e. The number of hydrogen-bond donors (Lipinski definition) is 2. The summed E-state index contributed by atoms with van der Waals surface area (Å²) in [5.41, 5.74) is -0.221. The maximum Gasteiger partial charge on any atom is 0.433 e. The number of benzene rings is 2. The van der Waals surface area contributed by atoms with Gasteiger partial charge in [-0.05, 0) is 42.5 Å². The smallest absolute Gasteiger partial charge is 0.433 e. The van der Waals surface area contributed by atoms with Gasteiger partial charge in [0.2, 0.25) is 5.95 Å². The topological polar surface area (TPSA) is 84.3 Å². The first-order valence-corrected chi connectivity index (χ1v) is 7.97. The minimum atomic E-state index is -4.67. The van der Waals surface area contributed by atoms with Crippen molar-refractivity contribution < 1.29 is 27.8 Å². The summed E-state index contributed by atoms with van der Waals surface area (Å²) in [4.78, 5) is 18.6. The van der Waals surface area contributed by atoms with Crippen LogP contribution in [0.1, 0.15) is 16.1 Å². The van der Waals surface area contributed by atoms with Crippen LogP contribution >= 0.6 is 0 Å². The predicted octanol–water partition coefficient (Wildman–Crippen LogP) is 4.61. The first kappa shape index (κ1) is 19.2. The molecule has 3 rings (SSSR count). The second-order valence-electron chi connectivity index (χ2n) is 5.70. The van der Waals surface area contributed by atoms with E-state index < -0.39 is 17.8 Å². The van der Waals surface area contributed by atoms with E-state index in [1.165, 1.54) is 31.4 Å². The number of rotatable bonds is 5. The zero-order chi connectivity index (χ0) is 20.3. The molecule has 1 heterocycles. The number of ether oxygens (including phenoxy) is 1. The molecule has 0 amide bonds. The minimum Gasteiger partial charge on any atom is -0.497 e. The Morgan fingerprint density at radius 3 is 2.39 bits per heavy atom. The van der Waals surface area contributed by atoms with Crippen LogP contribution in [0.2, 0.25) is 0 Å². The third-order valence-electron chi connectivity index (χ3n) is 3.77. The number of carboxylic acids is 1. The Morgan fingerprint density at radius 2 is 1.79 bits per heavy atom. The summed E-state index contributed by atoms with van der Waals surface area (Å²) in [5.74, 6) is -0.902. The van der Waals surface area contributed by atoms with Gasteiger partial charge >= 0.3 is 12.1 Å². The van der Waals surface area contributed by atoms with Gasteiger partial charge in [-0.3, -0.25) is 0 Å². The van der Waals surface area contributed by atoms with Gasteiger partial charge < -0.3 is 15.2 Å². The normalized spacial score (nSPS) is 11.1. The van der Waals surface area contributed by atoms with E-state index in [0.717, 1.165) is 6.07 Å². The van der Waals surface area contributed by atoms with Crippen LogP contribution in [0.3, 0.4) is 0 Å². The molecule has 0 fully saturated rings. The van der Waals surface area contributed by atoms with Crippen molar-refractivity contribution in [3.8, 4) is 17.0 Å². The highest BCUT2D eigenvalue weighted by Gasteiger charge is 2.34. The molecule has 144 valence electrons. The molecule has 28 heavy (non-hydrogen) atoms. The summed E-state index contributed by atoms with van der Waals surface area (Å²) in [7, 11) is 1.45. The summed E-state index contributed by atoms with van der Waals surface area (Å²) in [6.07, 6.45) is -4.67. The van der Waals surface area contributed by atoms with E-state index in [2.05, 4.69) is 15.3 Å². The monoisotopic (exact) mass is 389 g/mol. The number of aromatic nitrogens is 2. The highest BCUT2D eigenvalue weighted by atomic mass is 19.4. The molecule has 0 aliphatic carbocycles. The van der Waals surface area contributed by atoms with Crippen molar-refractivity contribution in [2.24, 2.45) is 0 Å². The summed E-state index contributed by atoms with van der Waals surface area (Å²) in [6.45, 7) is 0. The van der Waals surface area contributed by atoms with Crippen LogP contribution in [0.25, 0.3) is 11.3 Å². The van der Waals surface area contributed by atoms with Crippen molar-refractivity contribution in [2.75, 3.05) is 12.4 Å². The lowest BCUT2D eigenvalue weighted by Gasteiger charge is -2.12. The van der Waals surface area contributed by atoms with Crippen LogP contribution < -0.4 is 10.1 Å². The average molecular weight is 389 g/mol. The molecule has 0 saturated heterocycles. The molecule has 0 unspecified atom stereocenters. The number of methoxy groups -OCH3 is 1. The second kappa shape index (κ2) is 7.55. The number of aromatic carboxylic acids is 1. The lowest BCUT2D eigenvalue weighted by molar-refractivity contribution is -0.141. The quantitative estimate of drug-likeness (QED) is 0.663. The molecule has 2 N–H and O–H groups in total. The summed E-state index contributed by atoms with van der Waals surface area (Å²) >= 11 is 0. The lowest BCUT2D eigenvalue weighted by atomic mass is 10.1. The fraction of sp³-hybridized carbons (Fsp3) is 0.105. The molecule has 0 spiro atoms. The van der Waals surface area contributed by atoms with Gasteiger partial charge in [0.05, 0.1) is 18.4 Å². The fourth-order valence-corrected chi connectivity index (χ4v) is 2.40. The molecule has 0 bridgehead atoms. The van der Waals surface area contributed by atoms with Gasteiger partial charge in [-0.1, -0.05) is 12.1 Å². The highest BCUT2D eigenvalue weighted by molar-refractivity contribution is 5.88. The van der Waals surface area contributed by atoms with Gasteiger partial charge in [0.25, 0.3) is 0 Å². The Labute approximate surface area is 157 Å². The zero-order valence-corrected chi connectivity index (χ0v) is 14.5. The number of carboxylic acid groups (broad SMARTS) is 1. The van der Waals surface area contributed by atoms with Crippen molar-refractivity contribution in [3.05, 3.63) is 65.9 Å². The van der Waals surface area contributed by atoms with Crippen LogP contribution in [0.5, 0.6) is 5.75 Å². The van der Waals surface area contributed by atoms with E-state index in [1.807, 2.05) is 0 Å². The van der Waals surface area contributed by atoms with Gasteiger partial charge in [0, 0.05) is 11.3 Å². The second-order valence-corrected chi connectivity index (χ2v) is 5.70. The van der Waals surface area contributed by atoms with Gasteiger partial charge in [-0.15, -0.1) is 0 Å². The number of hydrogen-bond acceptors (Lipinski definition) is 5. The van der Waals surface area contributed by atoms with Crippen molar-refractivity contribution in [1.82, 2.24) is 9.97 Å². The molecule has 0 aliphatic heterocycles. The molecule has 3 aromatic rings. The number of carbonyl (C=O) groups is 1. The van der Waals surface area contributed by atoms with Crippen LogP contribution in [0.4, 0.5) is 24.8 Å². The van der Waals surface area contributed by atoms with E-state index in [0.29, 0.717) is 17.0 Å². The van der Waals surface area contributed by atoms with E-state index in [9.17, 15) is 18.0 Å². The third kappa shape index (κ3) is 4.37. The van der Waals surface area contributed by atoms with Crippen molar-refractivity contribution in [1.29, 1.82) is 0 Å². The summed E-state index contributed by atoms with van der Waals surface area (Å²) < 4.78 is 44.9.